The van der Waals surface area contributed by atoms with Gasteiger partial charge in [-0.15, -0.1) is 0 Å². The van der Waals surface area contributed by atoms with Gasteiger partial charge in [-0.25, -0.2) is 0 Å². The van der Waals surface area contributed by atoms with Gasteiger partial charge in [0.2, 0.25) is 0 Å². The molecule has 2 radical (unpaired) electrons. The molecule has 18 heavy (non-hydrogen) atoms. The van der Waals surface area contributed by atoms with Crippen molar-refractivity contribution in [3.05, 3.63) is 70.7 Å². The van der Waals surface area contributed by atoms with E-state index in [0.29, 0.717) is 5.32 Å². The van der Waals surface area contributed by atoms with Crippen LogP contribution in [0.2, 0.25) is 0 Å². The average molecular weight is 251 g/mol. The molecule has 0 unspecified atom stereocenters. The molecule has 0 aliphatic carbocycles. The lowest BCUT2D eigenvalue weighted by Crippen LogP contribution is -2.01. The highest BCUT2D eigenvalue weighted by Crippen LogP contribution is 2.03. The second kappa shape index (κ2) is 8.08. The van der Waals surface area contributed by atoms with Crippen LogP contribution in [0.3, 0.4) is 0 Å². The van der Waals surface area contributed by atoms with Crippen LogP contribution < -0.4 is 0 Å². The predicted octanol–water partition coefficient (Wildman–Crippen LogP) is 2.85. The van der Waals surface area contributed by atoms with Gasteiger partial charge in [0.15, 0.2) is 0 Å². The van der Waals surface area contributed by atoms with Gasteiger partial charge in [0.25, 0.3) is 0 Å². The Morgan fingerprint density at radius 3 is 2.61 bits per heavy atom. The molecule has 0 aromatic heterocycles. The highest BCUT2D eigenvalue weighted by Gasteiger charge is 2.00. The van der Waals surface area contributed by atoms with Crippen molar-refractivity contribution >= 4 is 15.5 Å². The van der Waals surface area contributed by atoms with Crippen molar-refractivity contribution in [2.24, 2.45) is 4.99 Å². The number of aliphatic imine (C=N–C) groups is 1. The summed E-state index contributed by atoms with van der Waals surface area (Å²) in [5.41, 5.74) is 12.6. The first-order valence-corrected chi connectivity index (χ1v) is 6.23. The highest BCUT2D eigenvalue weighted by molar-refractivity contribution is 6.38. The molecule has 3 heteroatoms. The van der Waals surface area contributed by atoms with Gasteiger partial charge in [0, 0.05) is 12.8 Å². The second-order valence-electron chi connectivity index (χ2n) is 3.27. The number of hydrogen-bond donors (Lipinski definition) is 0. The molecule has 0 heterocycles. The summed E-state index contributed by atoms with van der Waals surface area (Å²) < 4.78 is 5.09. The Kier molecular flexibility index (Phi) is 6.28. The van der Waals surface area contributed by atoms with Crippen molar-refractivity contribution in [2.75, 3.05) is 7.11 Å². The molecule has 0 N–H and O–H groups in total. The minimum Gasteiger partial charge on any atom is -0.413 e. The van der Waals surface area contributed by atoms with E-state index < -0.39 is 0 Å². The van der Waals surface area contributed by atoms with Crippen molar-refractivity contribution in [3.8, 4) is 0 Å². The molecule has 0 saturated carbocycles. The Labute approximate surface area is 110 Å². The molecular formula is C15H13NOSi. The minimum atomic E-state index is 0.122. The van der Waals surface area contributed by atoms with Crippen LogP contribution in [-0.2, 0) is 4.43 Å². The summed E-state index contributed by atoms with van der Waals surface area (Å²) in [6.07, 6.45) is 0. The van der Waals surface area contributed by atoms with Gasteiger partial charge in [0.1, 0.15) is 5.32 Å². The summed E-state index contributed by atoms with van der Waals surface area (Å²) >= 11 is 0. The lowest BCUT2D eigenvalue weighted by atomic mass is 10.1. The van der Waals surface area contributed by atoms with E-state index in [1.54, 1.807) is 7.11 Å². The van der Waals surface area contributed by atoms with E-state index >= 15 is 0 Å². The largest absolute Gasteiger partial charge is 0.413 e. The van der Waals surface area contributed by atoms with Gasteiger partial charge in [-0.2, -0.15) is 0 Å². The zero-order valence-electron chi connectivity index (χ0n) is 10.4. The van der Waals surface area contributed by atoms with Crippen LogP contribution in [0.5, 0.6) is 0 Å². The third kappa shape index (κ3) is 4.84. The minimum absolute atomic E-state index is 0.122. The molecule has 1 aromatic carbocycles. The number of hydrogen-bond acceptors (Lipinski definition) is 2. The van der Waals surface area contributed by atoms with Crippen molar-refractivity contribution in [3.63, 3.8) is 0 Å². The molecule has 0 atom stereocenters. The first-order valence-electron chi connectivity index (χ1n) is 5.32. The Morgan fingerprint density at radius 1 is 1.28 bits per heavy atom. The van der Waals surface area contributed by atoms with Gasteiger partial charge < -0.3 is 4.43 Å². The van der Waals surface area contributed by atoms with Gasteiger partial charge >= 0.3 is 9.76 Å². The Bertz CT molecular complexity index is 578. The molecule has 0 spiro atoms. The molecule has 0 aliphatic heterocycles. The highest BCUT2D eigenvalue weighted by atomic mass is 28.2. The van der Waals surface area contributed by atoms with E-state index in [2.05, 4.69) is 34.5 Å². The molecule has 0 amide bonds. The Balaban J connectivity index is 3.14. The molecule has 1 rings (SSSR count). The topological polar surface area (TPSA) is 21.6 Å². The van der Waals surface area contributed by atoms with Crippen molar-refractivity contribution < 1.29 is 4.43 Å². The fraction of sp³-hybridized carbons (Fsp3) is 0.133. The van der Waals surface area contributed by atoms with Crippen molar-refractivity contribution in [1.82, 2.24) is 0 Å². The smallest absolute Gasteiger partial charge is 0.302 e. The van der Waals surface area contributed by atoms with Crippen LogP contribution in [-0.4, -0.2) is 22.6 Å². The predicted molar refractivity (Wildman–Crippen MR) is 74.6 cm³/mol. The molecule has 2 nitrogen and oxygen atoms in total. The first kappa shape index (κ1) is 14.0. The molecule has 1 aromatic rings. The first-order chi connectivity index (χ1) is 8.77. The number of rotatable bonds is 4. The van der Waals surface area contributed by atoms with Crippen LogP contribution in [0.1, 0.15) is 12.5 Å². The van der Waals surface area contributed by atoms with Crippen LogP contribution in [0.15, 0.2) is 70.1 Å². The average Bonchev–Trinajstić information content (AvgIpc) is 2.40. The summed E-state index contributed by atoms with van der Waals surface area (Å²) in [7, 11) is 1.75. The molecule has 88 valence electrons. The van der Waals surface area contributed by atoms with E-state index in [0.717, 1.165) is 11.3 Å². The van der Waals surface area contributed by atoms with Crippen LogP contribution in [0, 0.1) is 0 Å². The Morgan fingerprint density at radius 2 is 2.00 bits per heavy atom. The Hall–Kier alpha value is -2.07. The van der Waals surface area contributed by atoms with Crippen molar-refractivity contribution in [1.29, 1.82) is 0 Å². The SMILES string of the molecule is C=C=C=C=C=C(N=C(C)c1ccccc1)[Si]OC. The molecule has 0 fully saturated rings. The molecular weight excluding hydrogens is 238 g/mol. The maximum Gasteiger partial charge on any atom is 0.302 e. The summed E-state index contributed by atoms with van der Waals surface area (Å²) in [5, 5.41) is 0.682. The molecule has 0 bridgehead atoms. The molecule has 0 aliphatic rings. The summed E-state index contributed by atoms with van der Waals surface area (Å²) in [6.45, 7) is 5.35. The summed E-state index contributed by atoms with van der Waals surface area (Å²) in [5.74, 6) is 0. The fourth-order valence-corrected chi connectivity index (χ4v) is 1.74. The van der Waals surface area contributed by atoms with E-state index in [1.807, 2.05) is 37.3 Å². The third-order valence-corrected chi connectivity index (χ3v) is 2.64. The zero-order chi connectivity index (χ0) is 13.2. The standard InChI is InChI=1S/C15H13NOSi/c1-4-5-7-12-15(18-17-3)16-13(2)14-10-8-6-9-11-14/h6,8-11H,1H2,2-3H3. The maximum atomic E-state index is 5.09. The van der Waals surface area contributed by atoms with Gasteiger partial charge in [-0.3, -0.25) is 4.99 Å². The van der Waals surface area contributed by atoms with Crippen LogP contribution in [0.25, 0.3) is 0 Å². The van der Waals surface area contributed by atoms with E-state index in [4.69, 9.17) is 4.43 Å². The van der Waals surface area contributed by atoms with Gasteiger partial charge in [0.05, 0.1) is 0 Å². The maximum absolute atomic E-state index is 5.09. The quantitative estimate of drug-likeness (QED) is 0.458. The number of benzene rings is 1. The summed E-state index contributed by atoms with van der Waals surface area (Å²) in [4.78, 5) is 4.47. The summed E-state index contributed by atoms with van der Waals surface area (Å²) in [6, 6.07) is 9.95. The van der Waals surface area contributed by atoms with Crippen LogP contribution in [0.4, 0.5) is 0 Å². The third-order valence-electron chi connectivity index (χ3n) is 2.00. The van der Waals surface area contributed by atoms with Gasteiger partial charge in [-0.05, 0) is 36.3 Å². The lowest BCUT2D eigenvalue weighted by molar-refractivity contribution is 0.447. The zero-order valence-corrected chi connectivity index (χ0v) is 11.4. The normalized spacial score (nSPS) is 9.78. The van der Waals surface area contributed by atoms with Gasteiger partial charge in [-0.1, -0.05) is 36.1 Å². The second-order valence-corrected chi connectivity index (χ2v) is 4.36. The van der Waals surface area contributed by atoms with Crippen molar-refractivity contribution in [2.45, 2.75) is 6.92 Å². The molecule has 0 saturated heterocycles. The number of nitrogens with zero attached hydrogens (tertiary/aromatic N) is 1. The van der Waals surface area contributed by atoms with E-state index in [-0.39, 0.29) is 9.76 Å². The fourth-order valence-electron chi connectivity index (χ4n) is 1.22. The monoisotopic (exact) mass is 251 g/mol. The van der Waals surface area contributed by atoms with E-state index in [1.165, 1.54) is 0 Å². The van der Waals surface area contributed by atoms with E-state index in [9.17, 15) is 0 Å². The lowest BCUT2D eigenvalue weighted by Gasteiger charge is -2.00. The van der Waals surface area contributed by atoms with Crippen LogP contribution >= 0.6 is 0 Å².